The topological polar surface area (TPSA) is 62.1 Å². The number of rotatable bonds is 3. The van der Waals surface area contributed by atoms with Crippen LogP contribution < -0.4 is 10.2 Å². The normalized spacial score (nSPS) is 11.2. The van der Waals surface area contributed by atoms with Gasteiger partial charge in [-0.3, -0.25) is 4.79 Å². The molecule has 5 heteroatoms. The molecule has 4 aromatic rings. The van der Waals surface area contributed by atoms with E-state index in [1.165, 1.54) is 6.26 Å². The Morgan fingerprint density at radius 1 is 1.04 bits per heavy atom. The Morgan fingerprint density at radius 3 is 2.50 bits per heavy atom. The molecule has 0 spiro atoms. The molecule has 0 atom stereocenters. The third-order valence-electron chi connectivity index (χ3n) is 4.79. The third kappa shape index (κ3) is 2.49. The fraction of sp³-hybridized carbons (Fsp3) is 0.143. The van der Waals surface area contributed by atoms with Gasteiger partial charge in [0.25, 0.3) is 5.82 Å². The predicted molar refractivity (Wildman–Crippen MR) is 99.9 cm³/mol. The lowest BCUT2D eigenvalue weighted by Gasteiger charge is -2.07. The largest absolute Gasteiger partial charge is 0.710 e. The highest BCUT2D eigenvalue weighted by Crippen LogP contribution is 2.22. The molecule has 0 bridgehead atoms. The SMILES string of the molecule is Cc1c(C)[n+]([O-])c(-c2coc3ccccc3c2=O)n1Cc1ccccc1. The molecule has 0 unspecified atom stereocenters. The van der Waals surface area contributed by atoms with Crippen molar-refractivity contribution in [3.05, 3.63) is 93.2 Å². The molecule has 26 heavy (non-hydrogen) atoms. The summed E-state index contributed by atoms with van der Waals surface area (Å²) in [6, 6.07) is 16.9. The Hall–Kier alpha value is -3.34. The van der Waals surface area contributed by atoms with Crippen LogP contribution in [0.2, 0.25) is 0 Å². The summed E-state index contributed by atoms with van der Waals surface area (Å²) in [5.41, 5.74) is 3.02. The summed E-state index contributed by atoms with van der Waals surface area (Å²) in [6.07, 6.45) is 1.38. The second kappa shape index (κ2) is 6.19. The average molecular weight is 346 g/mol. The molecule has 130 valence electrons. The molecular weight excluding hydrogens is 328 g/mol. The lowest BCUT2D eigenvalue weighted by molar-refractivity contribution is -0.599. The summed E-state index contributed by atoms with van der Waals surface area (Å²) < 4.78 is 8.31. The molecule has 0 saturated heterocycles. The zero-order valence-electron chi connectivity index (χ0n) is 14.6. The summed E-state index contributed by atoms with van der Waals surface area (Å²) in [5.74, 6) is 0.309. The summed E-state index contributed by atoms with van der Waals surface area (Å²) >= 11 is 0. The molecule has 0 aliphatic heterocycles. The Labute approximate surface area is 150 Å². The molecule has 4 rings (SSSR count). The van der Waals surface area contributed by atoms with Gasteiger partial charge in [-0.1, -0.05) is 42.5 Å². The van der Waals surface area contributed by atoms with Crippen molar-refractivity contribution in [1.82, 2.24) is 4.57 Å². The standard InChI is InChI=1S/C21H18N2O3/c1-14-15(2)23(25)21(22(14)12-16-8-4-3-5-9-16)18-13-26-19-11-7-6-10-17(19)20(18)24/h3-11,13H,12H2,1-2H3. The maximum atomic E-state index is 13.0. The van der Waals surface area contributed by atoms with E-state index >= 15 is 0 Å². The van der Waals surface area contributed by atoms with Gasteiger partial charge in [0.1, 0.15) is 35.3 Å². The highest BCUT2D eigenvalue weighted by molar-refractivity contribution is 5.79. The van der Waals surface area contributed by atoms with Crippen molar-refractivity contribution >= 4 is 11.0 Å². The van der Waals surface area contributed by atoms with Crippen LogP contribution in [0.1, 0.15) is 17.0 Å². The number of aromatic nitrogens is 2. The number of nitrogens with zero attached hydrogens (tertiary/aromatic N) is 2. The first-order chi connectivity index (χ1) is 12.6. The molecule has 5 nitrogen and oxygen atoms in total. The minimum absolute atomic E-state index is 0.205. The van der Waals surface area contributed by atoms with Crippen LogP contribution in [0, 0.1) is 19.1 Å². The second-order valence-corrected chi connectivity index (χ2v) is 6.34. The number of para-hydroxylation sites is 1. The molecule has 2 aromatic carbocycles. The molecule has 0 aliphatic rings. The van der Waals surface area contributed by atoms with Gasteiger partial charge in [0.05, 0.1) is 5.39 Å². The van der Waals surface area contributed by atoms with Crippen LogP contribution in [0.25, 0.3) is 22.4 Å². The van der Waals surface area contributed by atoms with Crippen molar-refractivity contribution in [2.24, 2.45) is 0 Å². The predicted octanol–water partition coefficient (Wildman–Crippen LogP) is 3.56. The third-order valence-corrected chi connectivity index (χ3v) is 4.79. The van der Waals surface area contributed by atoms with Crippen molar-refractivity contribution in [1.29, 1.82) is 0 Å². The quantitative estimate of drug-likeness (QED) is 0.421. The number of imidazole rings is 1. The van der Waals surface area contributed by atoms with Crippen LogP contribution in [-0.4, -0.2) is 4.57 Å². The highest BCUT2D eigenvalue weighted by Gasteiger charge is 2.27. The van der Waals surface area contributed by atoms with E-state index in [0.717, 1.165) is 16.0 Å². The molecule has 0 radical (unpaired) electrons. The molecule has 0 N–H and O–H groups in total. The van der Waals surface area contributed by atoms with Crippen LogP contribution in [0.4, 0.5) is 0 Å². The van der Waals surface area contributed by atoms with E-state index in [1.54, 1.807) is 25.1 Å². The molecule has 0 saturated carbocycles. The van der Waals surface area contributed by atoms with E-state index in [0.29, 0.717) is 29.0 Å². The number of fused-ring (bicyclic) bond motifs is 1. The lowest BCUT2D eigenvalue weighted by Crippen LogP contribution is -2.32. The van der Waals surface area contributed by atoms with Crippen molar-refractivity contribution in [2.75, 3.05) is 0 Å². The van der Waals surface area contributed by atoms with Gasteiger partial charge in [-0.25, -0.2) is 9.30 Å². The summed E-state index contributed by atoms with van der Waals surface area (Å²) in [7, 11) is 0. The first-order valence-corrected chi connectivity index (χ1v) is 8.42. The lowest BCUT2D eigenvalue weighted by atomic mass is 10.1. The van der Waals surface area contributed by atoms with Gasteiger partial charge >= 0.3 is 0 Å². The van der Waals surface area contributed by atoms with E-state index in [2.05, 4.69) is 0 Å². The fourth-order valence-corrected chi connectivity index (χ4v) is 3.22. The molecule has 2 aromatic heterocycles. The molecular formula is C21H18N2O3. The van der Waals surface area contributed by atoms with Crippen LogP contribution in [0.15, 0.2) is 70.1 Å². The maximum Gasteiger partial charge on any atom is 0.299 e. The van der Waals surface area contributed by atoms with E-state index in [4.69, 9.17) is 4.42 Å². The minimum atomic E-state index is -0.205. The van der Waals surface area contributed by atoms with Crippen LogP contribution >= 0.6 is 0 Å². The Balaban J connectivity index is 1.96. The van der Waals surface area contributed by atoms with E-state index in [1.807, 2.05) is 47.9 Å². The smallest absolute Gasteiger partial charge is 0.299 e. The highest BCUT2D eigenvalue weighted by atomic mass is 16.5. The molecule has 2 heterocycles. The van der Waals surface area contributed by atoms with Gasteiger partial charge in [-0.2, -0.15) is 0 Å². The van der Waals surface area contributed by atoms with Crippen molar-refractivity contribution in [2.45, 2.75) is 20.4 Å². The van der Waals surface area contributed by atoms with Crippen LogP contribution in [0.5, 0.6) is 0 Å². The van der Waals surface area contributed by atoms with Gasteiger partial charge < -0.3 is 9.62 Å². The fourth-order valence-electron chi connectivity index (χ4n) is 3.22. The molecule has 0 aliphatic carbocycles. The summed E-state index contributed by atoms with van der Waals surface area (Å²) in [4.78, 5) is 13.0. The summed E-state index contributed by atoms with van der Waals surface area (Å²) in [5, 5.41) is 13.3. The van der Waals surface area contributed by atoms with Gasteiger partial charge in [0, 0.05) is 13.8 Å². The zero-order valence-corrected chi connectivity index (χ0v) is 14.6. The number of hydrogen-bond donors (Lipinski definition) is 0. The number of benzene rings is 2. The first kappa shape index (κ1) is 16.1. The second-order valence-electron chi connectivity index (χ2n) is 6.34. The minimum Gasteiger partial charge on any atom is -0.710 e. The first-order valence-electron chi connectivity index (χ1n) is 8.42. The van der Waals surface area contributed by atoms with Gasteiger partial charge in [-0.15, -0.1) is 0 Å². The van der Waals surface area contributed by atoms with Gasteiger partial charge in [-0.05, 0) is 17.7 Å². The maximum absolute atomic E-state index is 13.0. The number of hydrogen-bond acceptors (Lipinski definition) is 3. The Kier molecular flexibility index (Phi) is 3.84. The van der Waals surface area contributed by atoms with Crippen LogP contribution in [0.3, 0.4) is 0 Å². The zero-order chi connectivity index (χ0) is 18.3. The van der Waals surface area contributed by atoms with E-state index in [-0.39, 0.29) is 11.0 Å². The van der Waals surface area contributed by atoms with Crippen LogP contribution in [-0.2, 0) is 6.54 Å². The summed E-state index contributed by atoms with van der Waals surface area (Å²) in [6.45, 7) is 4.15. The Morgan fingerprint density at radius 2 is 1.73 bits per heavy atom. The Bertz CT molecular complexity index is 1160. The monoisotopic (exact) mass is 346 g/mol. The van der Waals surface area contributed by atoms with Gasteiger partial charge in [0.2, 0.25) is 5.43 Å². The average Bonchev–Trinajstić information content (AvgIpc) is 2.87. The van der Waals surface area contributed by atoms with Crippen molar-refractivity contribution in [3.63, 3.8) is 0 Å². The molecule has 0 fully saturated rings. The van der Waals surface area contributed by atoms with E-state index in [9.17, 15) is 10.0 Å². The molecule has 0 amide bonds. The van der Waals surface area contributed by atoms with Gasteiger partial charge in [0.15, 0.2) is 0 Å². The van der Waals surface area contributed by atoms with E-state index < -0.39 is 0 Å². The van der Waals surface area contributed by atoms with Crippen molar-refractivity contribution < 1.29 is 9.15 Å². The van der Waals surface area contributed by atoms with Crippen molar-refractivity contribution in [3.8, 4) is 11.4 Å².